The van der Waals surface area contributed by atoms with Crippen LogP contribution in [0, 0.1) is 25.2 Å². The molecule has 3 aromatic rings. The van der Waals surface area contributed by atoms with E-state index in [1.54, 1.807) is 12.3 Å². The molecule has 0 atom stereocenters. The maximum atomic E-state index is 12.3. The molecule has 0 radical (unpaired) electrons. The second-order valence-electron chi connectivity index (χ2n) is 5.07. The number of fused-ring (bicyclic) bond motifs is 1. The quantitative estimate of drug-likeness (QED) is 0.804. The summed E-state index contributed by atoms with van der Waals surface area (Å²) in [5, 5.41) is 16.3. The summed E-state index contributed by atoms with van der Waals surface area (Å²) in [5.41, 5.74) is 2.59. The molecule has 0 unspecified atom stereocenters. The molecule has 110 valence electrons. The van der Waals surface area contributed by atoms with Gasteiger partial charge in [-0.15, -0.1) is 0 Å². The molecular formula is C16H14N4O2. The number of carbonyl (C=O) groups is 1. The van der Waals surface area contributed by atoms with Crippen molar-refractivity contribution < 1.29 is 9.21 Å². The van der Waals surface area contributed by atoms with Crippen molar-refractivity contribution in [1.29, 1.82) is 5.26 Å². The molecule has 0 saturated carbocycles. The number of benzene rings is 1. The third kappa shape index (κ3) is 2.44. The number of furan rings is 1. The van der Waals surface area contributed by atoms with E-state index in [-0.39, 0.29) is 18.2 Å². The van der Waals surface area contributed by atoms with Crippen molar-refractivity contribution in [2.24, 2.45) is 0 Å². The average molecular weight is 294 g/mol. The van der Waals surface area contributed by atoms with Gasteiger partial charge in [-0.2, -0.15) is 10.4 Å². The van der Waals surface area contributed by atoms with E-state index in [1.807, 2.05) is 38.1 Å². The minimum absolute atomic E-state index is 0.138. The first-order valence-electron chi connectivity index (χ1n) is 6.80. The first kappa shape index (κ1) is 13.9. The van der Waals surface area contributed by atoms with E-state index in [0.29, 0.717) is 11.4 Å². The highest BCUT2D eigenvalue weighted by molar-refractivity contribution is 6.06. The lowest BCUT2D eigenvalue weighted by Gasteiger charge is -1.99. The number of anilines is 1. The average Bonchev–Trinajstić information content (AvgIpc) is 3.05. The molecule has 2 aromatic heterocycles. The van der Waals surface area contributed by atoms with E-state index in [0.717, 1.165) is 16.5 Å². The van der Waals surface area contributed by atoms with Crippen molar-refractivity contribution in [3.05, 3.63) is 47.3 Å². The standard InChI is InChI=1S/C16H14N4O2/c1-10-3-4-13-12(9-10)11(2)15(22-13)16(21)18-14-5-7-20(19-14)8-6-17/h3-5,7,9H,8H2,1-2H3,(H,18,19,21). The first-order chi connectivity index (χ1) is 10.6. The lowest BCUT2D eigenvalue weighted by molar-refractivity contribution is 0.0997. The van der Waals surface area contributed by atoms with Gasteiger partial charge in [0.25, 0.3) is 5.91 Å². The molecule has 3 rings (SSSR count). The van der Waals surface area contributed by atoms with Crippen LogP contribution >= 0.6 is 0 Å². The van der Waals surface area contributed by atoms with Crippen LogP contribution in [0.3, 0.4) is 0 Å². The van der Waals surface area contributed by atoms with E-state index in [2.05, 4.69) is 10.4 Å². The number of hydrogen-bond acceptors (Lipinski definition) is 4. The summed E-state index contributed by atoms with van der Waals surface area (Å²) in [4.78, 5) is 12.3. The van der Waals surface area contributed by atoms with Crippen LogP contribution in [0.4, 0.5) is 5.82 Å². The van der Waals surface area contributed by atoms with E-state index in [9.17, 15) is 4.79 Å². The molecule has 0 aliphatic carbocycles. The Morgan fingerprint density at radius 3 is 3.00 bits per heavy atom. The Balaban J connectivity index is 1.88. The van der Waals surface area contributed by atoms with Crippen LogP contribution in [0.15, 0.2) is 34.9 Å². The van der Waals surface area contributed by atoms with Gasteiger partial charge >= 0.3 is 0 Å². The lowest BCUT2D eigenvalue weighted by Crippen LogP contribution is -2.13. The molecule has 6 heteroatoms. The Kier molecular flexibility index (Phi) is 3.39. The molecule has 0 fully saturated rings. The summed E-state index contributed by atoms with van der Waals surface area (Å²) in [6.07, 6.45) is 1.63. The highest BCUT2D eigenvalue weighted by atomic mass is 16.3. The number of carbonyl (C=O) groups excluding carboxylic acids is 1. The maximum Gasteiger partial charge on any atom is 0.292 e. The summed E-state index contributed by atoms with van der Waals surface area (Å²) in [5.74, 6) is 0.306. The minimum Gasteiger partial charge on any atom is -0.451 e. The Hall–Kier alpha value is -3.07. The Morgan fingerprint density at radius 2 is 2.23 bits per heavy atom. The van der Waals surface area contributed by atoms with E-state index in [1.165, 1.54) is 4.68 Å². The summed E-state index contributed by atoms with van der Waals surface area (Å²) < 4.78 is 7.09. The molecule has 0 saturated heterocycles. The summed E-state index contributed by atoms with van der Waals surface area (Å²) in [6.45, 7) is 3.99. The maximum absolute atomic E-state index is 12.3. The fraction of sp³-hybridized carbons (Fsp3) is 0.188. The minimum atomic E-state index is -0.353. The predicted molar refractivity (Wildman–Crippen MR) is 81.5 cm³/mol. The highest BCUT2D eigenvalue weighted by Gasteiger charge is 2.18. The molecule has 0 spiro atoms. The Labute approximate surface area is 127 Å². The number of rotatable bonds is 3. The number of nitrogens with one attached hydrogen (secondary N) is 1. The Morgan fingerprint density at radius 1 is 1.41 bits per heavy atom. The van der Waals surface area contributed by atoms with Crippen molar-refractivity contribution in [3.63, 3.8) is 0 Å². The van der Waals surface area contributed by atoms with Crippen molar-refractivity contribution in [2.75, 3.05) is 5.32 Å². The van der Waals surface area contributed by atoms with Crippen molar-refractivity contribution in [2.45, 2.75) is 20.4 Å². The van der Waals surface area contributed by atoms with Gasteiger partial charge in [-0.25, -0.2) is 0 Å². The number of amides is 1. The van der Waals surface area contributed by atoms with Crippen LogP contribution in [-0.4, -0.2) is 15.7 Å². The van der Waals surface area contributed by atoms with E-state index < -0.39 is 0 Å². The molecule has 0 aliphatic rings. The lowest BCUT2D eigenvalue weighted by atomic mass is 10.1. The van der Waals surface area contributed by atoms with Crippen molar-refractivity contribution >= 4 is 22.7 Å². The summed E-state index contributed by atoms with van der Waals surface area (Å²) in [7, 11) is 0. The second-order valence-corrected chi connectivity index (χ2v) is 5.07. The zero-order valence-electron chi connectivity index (χ0n) is 12.3. The first-order valence-corrected chi connectivity index (χ1v) is 6.80. The smallest absolute Gasteiger partial charge is 0.292 e. The number of nitrogens with zero attached hydrogens (tertiary/aromatic N) is 3. The molecule has 6 nitrogen and oxygen atoms in total. The number of aromatic nitrogens is 2. The van der Waals surface area contributed by atoms with Crippen LogP contribution in [-0.2, 0) is 6.54 Å². The topological polar surface area (TPSA) is 83.9 Å². The van der Waals surface area contributed by atoms with Crippen LogP contribution in [0.25, 0.3) is 11.0 Å². The van der Waals surface area contributed by atoms with Crippen molar-refractivity contribution in [3.8, 4) is 6.07 Å². The normalized spacial score (nSPS) is 10.6. The van der Waals surface area contributed by atoms with Gasteiger partial charge in [0.1, 0.15) is 12.1 Å². The van der Waals surface area contributed by atoms with Gasteiger partial charge in [-0.05, 0) is 26.0 Å². The molecule has 0 aliphatic heterocycles. The zero-order chi connectivity index (χ0) is 15.7. The van der Waals surface area contributed by atoms with Gasteiger partial charge in [0, 0.05) is 23.2 Å². The SMILES string of the molecule is Cc1ccc2oc(C(=O)Nc3ccn(CC#N)n3)c(C)c2c1. The molecule has 1 aromatic carbocycles. The van der Waals surface area contributed by atoms with Gasteiger partial charge in [0.15, 0.2) is 11.6 Å². The van der Waals surface area contributed by atoms with Crippen LogP contribution in [0.1, 0.15) is 21.7 Å². The third-order valence-electron chi connectivity index (χ3n) is 3.41. The van der Waals surface area contributed by atoms with Gasteiger partial charge < -0.3 is 9.73 Å². The molecule has 0 bridgehead atoms. The van der Waals surface area contributed by atoms with Gasteiger partial charge in [0.2, 0.25) is 0 Å². The molecular weight excluding hydrogens is 280 g/mol. The molecule has 2 heterocycles. The van der Waals surface area contributed by atoms with Gasteiger partial charge in [-0.3, -0.25) is 9.48 Å². The van der Waals surface area contributed by atoms with Gasteiger partial charge in [-0.1, -0.05) is 11.6 Å². The van der Waals surface area contributed by atoms with Crippen LogP contribution < -0.4 is 5.32 Å². The summed E-state index contributed by atoms with van der Waals surface area (Å²) in [6, 6.07) is 9.41. The molecule has 22 heavy (non-hydrogen) atoms. The number of nitriles is 1. The number of aryl methyl sites for hydroxylation is 2. The number of hydrogen-bond donors (Lipinski definition) is 1. The fourth-order valence-corrected chi connectivity index (χ4v) is 2.31. The Bertz CT molecular complexity index is 899. The van der Waals surface area contributed by atoms with Crippen molar-refractivity contribution in [1.82, 2.24) is 9.78 Å². The van der Waals surface area contributed by atoms with Gasteiger partial charge in [0.05, 0.1) is 6.07 Å². The second kappa shape index (κ2) is 5.37. The molecule has 1 N–H and O–H groups in total. The van der Waals surface area contributed by atoms with E-state index >= 15 is 0 Å². The highest BCUT2D eigenvalue weighted by Crippen LogP contribution is 2.26. The molecule has 1 amide bonds. The predicted octanol–water partition coefficient (Wildman–Crippen LogP) is 3.02. The largest absolute Gasteiger partial charge is 0.451 e. The monoisotopic (exact) mass is 294 g/mol. The third-order valence-corrected chi connectivity index (χ3v) is 3.41. The van der Waals surface area contributed by atoms with Crippen LogP contribution in [0.2, 0.25) is 0 Å². The summed E-state index contributed by atoms with van der Waals surface area (Å²) >= 11 is 0. The fourth-order valence-electron chi connectivity index (χ4n) is 2.31. The van der Waals surface area contributed by atoms with E-state index in [4.69, 9.17) is 9.68 Å². The zero-order valence-corrected chi connectivity index (χ0v) is 12.3. The van der Waals surface area contributed by atoms with Crippen LogP contribution in [0.5, 0.6) is 0 Å².